The highest BCUT2D eigenvalue weighted by molar-refractivity contribution is 7.80. The van der Waals surface area contributed by atoms with Crippen LogP contribution < -0.4 is 11.1 Å². The van der Waals surface area contributed by atoms with Crippen LogP contribution in [0.1, 0.15) is 52.9 Å². The van der Waals surface area contributed by atoms with E-state index in [1.165, 1.54) is 6.42 Å². The van der Waals surface area contributed by atoms with Crippen molar-refractivity contribution in [3.63, 3.8) is 0 Å². The van der Waals surface area contributed by atoms with Crippen LogP contribution in [0.3, 0.4) is 0 Å². The Bertz CT molecular complexity index is 336. The zero-order chi connectivity index (χ0) is 15.2. The van der Waals surface area contributed by atoms with Gasteiger partial charge in [-0.3, -0.25) is 4.79 Å². The molecule has 0 bridgehead atoms. The molecular formula is C15H29N3OS. The Labute approximate surface area is 128 Å². The van der Waals surface area contributed by atoms with Crippen LogP contribution in [0.2, 0.25) is 0 Å². The number of carbonyl (C=O) groups is 1. The van der Waals surface area contributed by atoms with Crippen molar-refractivity contribution in [2.24, 2.45) is 11.1 Å². The number of thiocarbonyl (C=S) groups is 1. The molecule has 4 nitrogen and oxygen atoms in total. The van der Waals surface area contributed by atoms with Crippen LogP contribution >= 0.6 is 12.2 Å². The number of hydrogen-bond donors (Lipinski definition) is 2. The second-order valence-electron chi connectivity index (χ2n) is 5.87. The minimum Gasteiger partial charge on any atom is -0.392 e. The smallest absolute Gasteiger partial charge is 0.233 e. The lowest BCUT2D eigenvalue weighted by Gasteiger charge is -2.36. The molecule has 1 fully saturated rings. The molecule has 0 saturated heterocycles. The minimum atomic E-state index is -0.606. The maximum Gasteiger partial charge on any atom is 0.233 e. The number of nitrogens with one attached hydrogen (secondary N) is 1. The third kappa shape index (κ3) is 4.16. The van der Waals surface area contributed by atoms with Crippen molar-refractivity contribution in [2.75, 3.05) is 19.6 Å². The van der Waals surface area contributed by atoms with E-state index in [9.17, 15) is 4.79 Å². The van der Waals surface area contributed by atoms with E-state index in [1.807, 2.05) is 6.92 Å². The number of rotatable bonds is 7. The number of carbonyl (C=O) groups excluding carboxylic acids is 1. The van der Waals surface area contributed by atoms with Crippen LogP contribution in [0.15, 0.2) is 0 Å². The first kappa shape index (κ1) is 17.4. The van der Waals surface area contributed by atoms with E-state index in [2.05, 4.69) is 24.1 Å². The lowest BCUT2D eigenvalue weighted by Crippen LogP contribution is -2.53. The van der Waals surface area contributed by atoms with Crippen LogP contribution in [-0.4, -0.2) is 41.5 Å². The van der Waals surface area contributed by atoms with E-state index in [0.717, 1.165) is 45.3 Å². The van der Waals surface area contributed by atoms with Crippen LogP contribution in [0, 0.1) is 5.41 Å². The highest BCUT2D eigenvalue weighted by Gasteiger charge is 2.42. The molecule has 0 heterocycles. The van der Waals surface area contributed by atoms with Crippen molar-refractivity contribution < 1.29 is 4.79 Å². The maximum atomic E-state index is 12.6. The molecule has 5 heteroatoms. The summed E-state index contributed by atoms with van der Waals surface area (Å²) < 4.78 is 0. The first-order valence-electron chi connectivity index (χ1n) is 7.79. The van der Waals surface area contributed by atoms with Crippen molar-refractivity contribution in [3.05, 3.63) is 0 Å². The first-order valence-corrected chi connectivity index (χ1v) is 8.20. The molecule has 1 aliphatic rings. The molecule has 0 aromatic carbocycles. The van der Waals surface area contributed by atoms with Gasteiger partial charge in [-0.2, -0.15) is 0 Å². The summed E-state index contributed by atoms with van der Waals surface area (Å²) in [7, 11) is 0. The van der Waals surface area contributed by atoms with Crippen LogP contribution in [-0.2, 0) is 4.79 Å². The number of likely N-dealkylation sites (N-methyl/N-ethyl adjacent to an activating group) is 1. The number of hydrogen-bond acceptors (Lipinski definition) is 3. The van der Waals surface area contributed by atoms with E-state index < -0.39 is 5.41 Å². The molecule has 1 saturated carbocycles. The molecule has 116 valence electrons. The van der Waals surface area contributed by atoms with Gasteiger partial charge in [-0.1, -0.05) is 45.3 Å². The lowest BCUT2D eigenvalue weighted by molar-refractivity contribution is -0.129. The Balaban J connectivity index is 2.64. The van der Waals surface area contributed by atoms with Gasteiger partial charge in [0.2, 0.25) is 5.91 Å². The minimum absolute atomic E-state index is 0.0318. The Morgan fingerprint density at radius 2 is 1.85 bits per heavy atom. The Hall–Kier alpha value is -0.680. The first-order chi connectivity index (χ1) is 9.46. The molecule has 20 heavy (non-hydrogen) atoms. The van der Waals surface area contributed by atoms with Gasteiger partial charge in [-0.05, 0) is 32.9 Å². The second kappa shape index (κ2) is 7.93. The van der Waals surface area contributed by atoms with E-state index in [-0.39, 0.29) is 11.9 Å². The van der Waals surface area contributed by atoms with Crippen molar-refractivity contribution in [2.45, 2.75) is 58.9 Å². The van der Waals surface area contributed by atoms with Crippen molar-refractivity contribution >= 4 is 23.1 Å². The summed E-state index contributed by atoms with van der Waals surface area (Å²) in [6, 6.07) is 0.121. The molecule has 1 unspecified atom stereocenters. The van der Waals surface area contributed by atoms with Gasteiger partial charge in [0.15, 0.2) is 0 Å². The van der Waals surface area contributed by atoms with Gasteiger partial charge >= 0.3 is 0 Å². The van der Waals surface area contributed by atoms with Crippen molar-refractivity contribution in [1.29, 1.82) is 0 Å². The fraction of sp³-hybridized carbons (Fsp3) is 0.867. The summed E-state index contributed by atoms with van der Waals surface area (Å²) in [5.74, 6) is 0.0318. The van der Waals surface area contributed by atoms with Gasteiger partial charge in [0, 0.05) is 12.6 Å². The van der Waals surface area contributed by atoms with Crippen LogP contribution in [0.25, 0.3) is 0 Å². The summed E-state index contributed by atoms with van der Waals surface area (Å²) in [5.41, 5.74) is 5.29. The maximum absolute atomic E-state index is 12.6. The molecule has 1 atom stereocenters. The third-order valence-electron chi connectivity index (χ3n) is 4.42. The highest BCUT2D eigenvalue weighted by Crippen LogP contribution is 2.37. The molecule has 0 spiro atoms. The van der Waals surface area contributed by atoms with Crippen molar-refractivity contribution in [3.8, 4) is 0 Å². The molecule has 1 aliphatic carbocycles. The topological polar surface area (TPSA) is 58.4 Å². The quantitative estimate of drug-likeness (QED) is 0.707. The van der Waals surface area contributed by atoms with E-state index in [4.69, 9.17) is 18.0 Å². The number of amides is 1. The van der Waals surface area contributed by atoms with E-state index in [1.54, 1.807) is 0 Å². The standard InChI is InChI=1S/C15H29N3OS/c1-4-18(5-2)11-12(3)17-14(19)15(13(16)20)9-7-6-8-10-15/h12H,4-11H2,1-3H3,(H2,16,20)(H,17,19). The van der Waals surface area contributed by atoms with Gasteiger partial charge in [0.1, 0.15) is 0 Å². The predicted octanol–water partition coefficient (Wildman–Crippen LogP) is 2.07. The highest BCUT2D eigenvalue weighted by atomic mass is 32.1. The molecule has 1 amide bonds. The summed E-state index contributed by atoms with van der Waals surface area (Å²) >= 11 is 5.20. The average molecular weight is 299 g/mol. The molecule has 0 aromatic rings. The van der Waals surface area contributed by atoms with Crippen molar-refractivity contribution in [1.82, 2.24) is 10.2 Å². The molecule has 0 aromatic heterocycles. The summed E-state index contributed by atoms with van der Waals surface area (Å²) in [5, 5.41) is 3.12. The molecule has 0 aliphatic heterocycles. The average Bonchev–Trinajstić information content (AvgIpc) is 2.45. The fourth-order valence-electron chi connectivity index (χ4n) is 3.02. The Morgan fingerprint density at radius 1 is 1.30 bits per heavy atom. The largest absolute Gasteiger partial charge is 0.392 e. The monoisotopic (exact) mass is 299 g/mol. The summed E-state index contributed by atoms with van der Waals surface area (Å²) in [6.07, 6.45) is 4.84. The van der Waals surface area contributed by atoms with Crippen LogP contribution in [0.5, 0.6) is 0 Å². The van der Waals surface area contributed by atoms with Crippen LogP contribution in [0.4, 0.5) is 0 Å². The summed E-state index contributed by atoms with van der Waals surface area (Å²) in [6.45, 7) is 9.18. The SMILES string of the molecule is CCN(CC)CC(C)NC(=O)C1(C(N)=S)CCCCC1. The summed E-state index contributed by atoms with van der Waals surface area (Å²) in [4.78, 5) is 15.3. The van der Waals surface area contributed by atoms with E-state index >= 15 is 0 Å². The lowest BCUT2D eigenvalue weighted by atomic mass is 9.73. The van der Waals surface area contributed by atoms with Gasteiger partial charge in [0.05, 0.1) is 10.4 Å². The van der Waals surface area contributed by atoms with Gasteiger partial charge in [-0.15, -0.1) is 0 Å². The van der Waals surface area contributed by atoms with Gasteiger partial charge in [-0.25, -0.2) is 0 Å². The predicted molar refractivity (Wildman–Crippen MR) is 87.7 cm³/mol. The Morgan fingerprint density at radius 3 is 2.30 bits per heavy atom. The van der Waals surface area contributed by atoms with Gasteiger partial charge in [0.25, 0.3) is 0 Å². The normalized spacial score (nSPS) is 19.6. The molecule has 1 rings (SSSR count). The molecule has 0 radical (unpaired) electrons. The molecular weight excluding hydrogens is 270 g/mol. The zero-order valence-corrected chi connectivity index (χ0v) is 13.9. The van der Waals surface area contributed by atoms with Gasteiger partial charge < -0.3 is 16.0 Å². The second-order valence-corrected chi connectivity index (χ2v) is 6.31. The number of nitrogens with two attached hydrogens (primary N) is 1. The zero-order valence-electron chi connectivity index (χ0n) is 13.1. The number of nitrogens with zero attached hydrogens (tertiary/aromatic N) is 1. The fourth-order valence-corrected chi connectivity index (χ4v) is 3.31. The molecule has 3 N–H and O–H groups in total. The third-order valence-corrected chi connectivity index (χ3v) is 4.81. The Kier molecular flexibility index (Phi) is 6.89. The van der Waals surface area contributed by atoms with E-state index in [0.29, 0.717) is 4.99 Å².